The molecule has 21 heavy (non-hydrogen) atoms. The molecule has 2 aliphatic rings. The molecule has 4 nitrogen and oxygen atoms in total. The zero-order valence-electron chi connectivity index (χ0n) is 14.2. The molecular formula is C17H33N3O. The lowest BCUT2D eigenvalue weighted by Gasteiger charge is -2.36. The number of likely N-dealkylation sites (tertiary alicyclic amines) is 1. The summed E-state index contributed by atoms with van der Waals surface area (Å²) in [6.45, 7) is 2.01. The Balaban J connectivity index is 1.71. The van der Waals surface area contributed by atoms with Gasteiger partial charge in [0.25, 0.3) is 0 Å². The van der Waals surface area contributed by atoms with Crippen molar-refractivity contribution >= 4 is 5.91 Å². The molecule has 0 spiro atoms. The maximum Gasteiger partial charge on any atom is 0.220 e. The summed E-state index contributed by atoms with van der Waals surface area (Å²) in [5, 5.41) is 3.20. The average molecular weight is 295 g/mol. The van der Waals surface area contributed by atoms with Gasteiger partial charge in [0.05, 0.1) is 0 Å². The van der Waals surface area contributed by atoms with Crippen LogP contribution in [0.2, 0.25) is 0 Å². The van der Waals surface area contributed by atoms with Crippen LogP contribution in [-0.4, -0.2) is 61.5 Å². The summed E-state index contributed by atoms with van der Waals surface area (Å²) in [5.41, 5.74) is 0.206. The summed E-state index contributed by atoms with van der Waals surface area (Å²) in [6, 6.07) is 0.610. The summed E-state index contributed by atoms with van der Waals surface area (Å²) in [4.78, 5) is 16.9. The van der Waals surface area contributed by atoms with Gasteiger partial charge in [0.2, 0.25) is 5.91 Å². The number of piperidine rings is 1. The smallest absolute Gasteiger partial charge is 0.220 e. The molecule has 1 atom stereocenters. The third-order valence-corrected chi connectivity index (χ3v) is 5.72. The number of hydrogen-bond acceptors (Lipinski definition) is 3. The number of nitrogens with zero attached hydrogens (tertiary/aromatic N) is 2. The van der Waals surface area contributed by atoms with E-state index in [-0.39, 0.29) is 11.4 Å². The third kappa shape index (κ3) is 4.43. The van der Waals surface area contributed by atoms with Gasteiger partial charge in [-0.2, -0.15) is 0 Å². The van der Waals surface area contributed by atoms with Crippen LogP contribution in [0.4, 0.5) is 0 Å². The van der Waals surface area contributed by atoms with E-state index in [0.717, 1.165) is 13.0 Å². The fourth-order valence-corrected chi connectivity index (χ4v) is 3.97. The topological polar surface area (TPSA) is 35.6 Å². The Hall–Kier alpha value is -0.610. The summed E-state index contributed by atoms with van der Waals surface area (Å²) in [7, 11) is 6.49. The Labute approximate surface area is 130 Å². The van der Waals surface area contributed by atoms with E-state index in [1.807, 2.05) is 0 Å². The molecule has 1 aliphatic heterocycles. The maximum atomic E-state index is 12.2. The van der Waals surface area contributed by atoms with Crippen LogP contribution in [0.25, 0.3) is 0 Å². The van der Waals surface area contributed by atoms with Crippen LogP contribution < -0.4 is 5.32 Å². The van der Waals surface area contributed by atoms with Crippen molar-refractivity contribution in [1.82, 2.24) is 15.1 Å². The predicted octanol–water partition coefficient (Wildman–Crippen LogP) is 2.24. The molecule has 0 aromatic rings. The van der Waals surface area contributed by atoms with E-state index in [4.69, 9.17) is 0 Å². The van der Waals surface area contributed by atoms with E-state index < -0.39 is 0 Å². The van der Waals surface area contributed by atoms with E-state index in [1.54, 1.807) is 0 Å². The van der Waals surface area contributed by atoms with Gasteiger partial charge < -0.3 is 15.1 Å². The van der Waals surface area contributed by atoms with E-state index in [2.05, 4.69) is 36.3 Å². The predicted molar refractivity (Wildman–Crippen MR) is 87.4 cm³/mol. The number of nitrogens with one attached hydrogen (secondary N) is 1. The molecule has 4 heteroatoms. The number of hydrogen-bond donors (Lipinski definition) is 1. The zero-order chi connectivity index (χ0) is 15.3. The number of rotatable bonds is 6. The van der Waals surface area contributed by atoms with E-state index in [9.17, 15) is 4.79 Å². The highest BCUT2D eigenvalue weighted by molar-refractivity contribution is 5.76. The molecule has 0 radical (unpaired) electrons. The van der Waals surface area contributed by atoms with Gasteiger partial charge in [-0.25, -0.2) is 0 Å². The van der Waals surface area contributed by atoms with Gasteiger partial charge in [-0.3, -0.25) is 4.79 Å². The molecule has 122 valence electrons. The SMILES string of the molecule is CN1CCCC[C@H]1CCC(=O)NCC1(N(C)C)CCCC1. The average Bonchev–Trinajstić information content (AvgIpc) is 2.94. The Morgan fingerprint density at radius 1 is 1.24 bits per heavy atom. The van der Waals surface area contributed by atoms with Gasteiger partial charge in [0, 0.05) is 24.5 Å². The van der Waals surface area contributed by atoms with Crippen LogP contribution in [0.3, 0.4) is 0 Å². The molecule has 1 aliphatic carbocycles. The maximum absolute atomic E-state index is 12.2. The number of carbonyl (C=O) groups is 1. The largest absolute Gasteiger partial charge is 0.354 e. The Bertz CT molecular complexity index is 337. The van der Waals surface area contributed by atoms with Crippen molar-refractivity contribution in [1.29, 1.82) is 0 Å². The number of likely N-dealkylation sites (N-methyl/N-ethyl adjacent to an activating group) is 1. The Morgan fingerprint density at radius 2 is 1.95 bits per heavy atom. The highest BCUT2D eigenvalue weighted by atomic mass is 16.1. The molecule has 2 fully saturated rings. The first-order valence-corrected chi connectivity index (χ1v) is 8.68. The van der Waals surface area contributed by atoms with Crippen molar-refractivity contribution in [2.24, 2.45) is 0 Å². The van der Waals surface area contributed by atoms with Crippen molar-refractivity contribution in [3.63, 3.8) is 0 Å². The lowest BCUT2D eigenvalue weighted by Crippen LogP contribution is -2.51. The third-order valence-electron chi connectivity index (χ3n) is 5.72. The van der Waals surface area contributed by atoms with Crippen molar-refractivity contribution in [2.45, 2.75) is 69.4 Å². The summed E-state index contributed by atoms with van der Waals surface area (Å²) < 4.78 is 0. The molecule has 1 N–H and O–H groups in total. The van der Waals surface area contributed by atoms with E-state index in [0.29, 0.717) is 12.5 Å². The van der Waals surface area contributed by atoms with Gasteiger partial charge in [0.1, 0.15) is 0 Å². The van der Waals surface area contributed by atoms with Crippen LogP contribution in [0.1, 0.15) is 57.8 Å². The van der Waals surface area contributed by atoms with E-state index >= 15 is 0 Å². The molecule has 1 heterocycles. The van der Waals surface area contributed by atoms with Crippen LogP contribution in [-0.2, 0) is 4.79 Å². The normalized spacial score (nSPS) is 26.2. The molecule has 0 bridgehead atoms. The molecule has 0 aromatic carbocycles. The lowest BCUT2D eigenvalue weighted by atomic mass is 9.95. The van der Waals surface area contributed by atoms with Crippen molar-refractivity contribution in [3.05, 3.63) is 0 Å². The number of carbonyl (C=O) groups excluding carboxylic acids is 1. The molecule has 1 saturated heterocycles. The lowest BCUT2D eigenvalue weighted by molar-refractivity contribution is -0.122. The summed E-state index contributed by atoms with van der Waals surface area (Å²) in [6.07, 6.45) is 10.6. The minimum Gasteiger partial charge on any atom is -0.354 e. The van der Waals surface area contributed by atoms with Gasteiger partial charge in [-0.05, 0) is 59.8 Å². The highest BCUT2D eigenvalue weighted by Crippen LogP contribution is 2.33. The van der Waals surface area contributed by atoms with Gasteiger partial charge >= 0.3 is 0 Å². The molecule has 2 rings (SSSR count). The first-order valence-electron chi connectivity index (χ1n) is 8.68. The van der Waals surface area contributed by atoms with E-state index in [1.165, 1.54) is 51.5 Å². The highest BCUT2D eigenvalue weighted by Gasteiger charge is 2.36. The second-order valence-corrected chi connectivity index (χ2v) is 7.27. The Kier molecular flexibility index (Phi) is 6.06. The molecule has 1 saturated carbocycles. The first-order chi connectivity index (χ1) is 10.0. The van der Waals surface area contributed by atoms with Gasteiger partial charge in [0.15, 0.2) is 0 Å². The standard InChI is InChI=1S/C17H33N3O/c1-19(2)17(11-5-6-12-17)14-18-16(21)10-9-15-8-4-7-13-20(15)3/h15H,4-14H2,1-3H3,(H,18,21)/t15-/m0/s1. The van der Waals surface area contributed by atoms with Crippen LogP contribution in [0.15, 0.2) is 0 Å². The Morgan fingerprint density at radius 3 is 2.57 bits per heavy atom. The summed E-state index contributed by atoms with van der Waals surface area (Å²) in [5.74, 6) is 0.238. The molecular weight excluding hydrogens is 262 g/mol. The van der Waals surface area contributed by atoms with Gasteiger partial charge in [-0.15, -0.1) is 0 Å². The van der Waals surface area contributed by atoms with Crippen molar-refractivity contribution in [2.75, 3.05) is 34.2 Å². The van der Waals surface area contributed by atoms with Crippen LogP contribution in [0.5, 0.6) is 0 Å². The zero-order valence-corrected chi connectivity index (χ0v) is 14.2. The minimum absolute atomic E-state index is 0.206. The molecule has 0 aromatic heterocycles. The van der Waals surface area contributed by atoms with Gasteiger partial charge in [-0.1, -0.05) is 19.3 Å². The van der Waals surface area contributed by atoms with Crippen LogP contribution in [0, 0.1) is 0 Å². The van der Waals surface area contributed by atoms with Crippen molar-refractivity contribution < 1.29 is 4.79 Å². The second-order valence-electron chi connectivity index (χ2n) is 7.27. The minimum atomic E-state index is 0.206. The first kappa shape index (κ1) is 16.8. The van der Waals surface area contributed by atoms with Crippen LogP contribution >= 0.6 is 0 Å². The fraction of sp³-hybridized carbons (Fsp3) is 0.941. The molecule has 1 amide bonds. The quantitative estimate of drug-likeness (QED) is 0.816. The van der Waals surface area contributed by atoms with Crippen molar-refractivity contribution in [3.8, 4) is 0 Å². The summed E-state index contributed by atoms with van der Waals surface area (Å²) >= 11 is 0. The molecule has 0 unspecified atom stereocenters. The number of amides is 1. The fourth-order valence-electron chi connectivity index (χ4n) is 3.97. The second kappa shape index (κ2) is 7.59. The monoisotopic (exact) mass is 295 g/mol.